The van der Waals surface area contributed by atoms with Crippen molar-refractivity contribution in [3.8, 4) is 0 Å². The van der Waals surface area contributed by atoms with E-state index in [0.29, 0.717) is 15.6 Å². The van der Waals surface area contributed by atoms with Gasteiger partial charge < -0.3 is 10.6 Å². The number of benzene rings is 3. The average molecular weight is 477 g/mol. The van der Waals surface area contributed by atoms with E-state index in [1.165, 1.54) is 0 Å². The molecular weight excluding hydrogens is 455 g/mol. The van der Waals surface area contributed by atoms with Crippen LogP contribution in [0.5, 0.6) is 0 Å². The van der Waals surface area contributed by atoms with Gasteiger partial charge in [-0.1, -0.05) is 83.9 Å². The Labute approximate surface area is 202 Å². The first-order valence-corrected chi connectivity index (χ1v) is 11.2. The minimum atomic E-state index is -1.30. The van der Waals surface area contributed by atoms with E-state index in [-0.39, 0.29) is 18.9 Å². The van der Waals surface area contributed by atoms with E-state index in [9.17, 15) is 9.59 Å². The van der Waals surface area contributed by atoms with Crippen LogP contribution in [0.1, 0.15) is 23.1 Å². The molecule has 0 aliphatic carbocycles. The standard InChI is InChI=1S/C27H22Cl2N2O2/c28-23-10-6-19(7-11-23)14-15-27(26(30)33)17-22(16-20-8-12-24(29)13-9-20)25(32)31(27)18-21-4-2-1-3-5-21/h1-16H,17-18H2,(H2,30,33). The van der Waals surface area contributed by atoms with Crippen molar-refractivity contribution in [2.24, 2.45) is 5.73 Å². The molecule has 4 rings (SSSR count). The third-order valence-corrected chi connectivity index (χ3v) is 6.21. The number of carbonyl (C=O) groups excluding carboxylic acids is 2. The van der Waals surface area contributed by atoms with E-state index < -0.39 is 11.4 Å². The van der Waals surface area contributed by atoms with Crippen molar-refractivity contribution in [1.29, 1.82) is 0 Å². The van der Waals surface area contributed by atoms with E-state index >= 15 is 0 Å². The maximum atomic E-state index is 13.5. The highest BCUT2D eigenvalue weighted by molar-refractivity contribution is 6.30. The highest BCUT2D eigenvalue weighted by atomic mass is 35.5. The smallest absolute Gasteiger partial charge is 0.251 e. The van der Waals surface area contributed by atoms with E-state index in [2.05, 4.69) is 0 Å². The third kappa shape index (κ3) is 5.03. The van der Waals surface area contributed by atoms with E-state index in [1.54, 1.807) is 47.4 Å². The summed E-state index contributed by atoms with van der Waals surface area (Å²) in [6, 6.07) is 24.0. The van der Waals surface area contributed by atoms with Crippen LogP contribution in [-0.2, 0) is 16.1 Å². The fourth-order valence-electron chi connectivity index (χ4n) is 3.93. The van der Waals surface area contributed by atoms with Gasteiger partial charge in [-0.2, -0.15) is 0 Å². The molecule has 1 atom stereocenters. The fraction of sp³-hybridized carbons (Fsp3) is 0.111. The van der Waals surface area contributed by atoms with E-state index in [0.717, 1.165) is 16.7 Å². The summed E-state index contributed by atoms with van der Waals surface area (Å²) in [4.78, 5) is 28.0. The van der Waals surface area contributed by atoms with Gasteiger partial charge in [-0.25, -0.2) is 0 Å². The fourth-order valence-corrected chi connectivity index (χ4v) is 4.18. The summed E-state index contributed by atoms with van der Waals surface area (Å²) >= 11 is 12.0. The molecule has 1 saturated heterocycles. The molecule has 3 aromatic carbocycles. The zero-order valence-corrected chi connectivity index (χ0v) is 19.3. The summed E-state index contributed by atoms with van der Waals surface area (Å²) in [5, 5.41) is 1.23. The molecule has 166 valence electrons. The Morgan fingerprint density at radius 2 is 1.48 bits per heavy atom. The van der Waals surface area contributed by atoms with Crippen molar-refractivity contribution in [3.63, 3.8) is 0 Å². The molecule has 1 aliphatic heterocycles. The van der Waals surface area contributed by atoms with Crippen molar-refractivity contribution in [3.05, 3.63) is 117 Å². The van der Waals surface area contributed by atoms with Gasteiger partial charge in [0.25, 0.3) is 5.91 Å². The van der Waals surface area contributed by atoms with Crippen molar-refractivity contribution in [1.82, 2.24) is 4.90 Å². The van der Waals surface area contributed by atoms with E-state index in [4.69, 9.17) is 28.9 Å². The minimum Gasteiger partial charge on any atom is -0.367 e. The van der Waals surface area contributed by atoms with Gasteiger partial charge in [-0.15, -0.1) is 0 Å². The number of likely N-dealkylation sites (tertiary alicyclic amines) is 1. The van der Waals surface area contributed by atoms with Gasteiger partial charge in [0.2, 0.25) is 5.91 Å². The first-order valence-electron chi connectivity index (χ1n) is 10.4. The lowest BCUT2D eigenvalue weighted by Gasteiger charge is -2.33. The van der Waals surface area contributed by atoms with Gasteiger partial charge in [0, 0.05) is 28.6 Å². The van der Waals surface area contributed by atoms with Crippen LogP contribution in [0.4, 0.5) is 0 Å². The maximum Gasteiger partial charge on any atom is 0.251 e. The summed E-state index contributed by atoms with van der Waals surface area (Å²) in [6.45, 7) is 0.255. The van der Waals surface area contributed by atoms with E-state index in [1.807, 2.05) is 54.6 Å². The highest BCUT2D eigenvalue weighted by Gasteiger charge is 2.50. The van der Waals surface area contributed by atoms with Gasteiger partial charge in [0.05, 0.1) is 0 Å². The Bertz CT molecular complexity index is 1220. The number of hydrogen-bond donors (Lipinski definition) is 1. The van der Waals surface area contributed by atoms with Crippen molar-refractivity contribution < 1.29 is 9.59 Å². The predicted molar refractivity (Wildman–Crippen MR) is 133 cm³/mol. The quantitative estimate of drug-likeness (QED) is 0.460. The molecule has 4 nitrogen and oxygen atoms in total. The molecule has 0 spiro atoms. The number of nitrogens with zero attached hydrogens (tertiary/aromatic N) is 1. The molecule has 2 N–H and O–H groups in total. The normalized spacial score (nSPS) is 19.5. The van der Waals surface area contributed by atoms with Crippen LogP contribution in [0, 0.1) is 0 Å². The van der Waals surface area contributed by atoms with Crippen molar-refractivity contribution in [2.45, 2.75) is 18.5 Å². The first kappa shape index (κ1) is 22.8. The summed E-state index contributed by atoms with van der Waals surface area (Å²) in [5.74, 6) is -0.815. The summed E-state index contributed by atoms with van der Waals surface area (Å²) in [5.41, 5.74) is 7.74. The van der Waals surface area contributed by atoms with Gasteiger partial charge in [0.1, 0.15) is 5.54 Å². The lowest BCUT2D eigenvalue weighted by atomic mass is 9.91. The zero-order chi connectivity index (χ0) is 23.4. The Hall–Kier alpha value is -3.34. The number of nitrogens with two attached hydrogens (primary N) is 1. The van der Waals surface area contributed by atoms with Crippen LogP contribution in [0.15, 0.2) is 90.5 Å². The second-order valence-corrected chi connectivity index (χ2v) is 8.82. The molecule has 3 aromatic rings. The summed E-state index contributed by atoms with van der Waals surface area (Å²) in [7, 11) is 0. The van der Waals surface area contributed by atoms with Crippen LogP contribution >= 0.6 is 23.2 Å². The molecule has 0 saturated carbocycles. The molecule has 2 amide bonds. The molecule has 33 heavy (non-hydrogen) atoms. The molecule has 1 unspecified atom stereocenters. The topological polar surface area (TPSA) is 63.4 Å². The Morgan fingerprint density at radius 1 is 0.909 bits per heavy atom. The second kappa shape index (κ2) is 9.65. The minimum absolute atomic E-state index is 0.167. The molecule has 1 heterocycles. The molecule has 0 bridgehead atoms. The molecule has 6 heteroatoms. The molecular formula is C27H22Cl2N2O2. The molecule has 1 aliphatic rings. The van der Waals surface area contributed by atoms with Crippen LogP contribution in [0.25, 0.3) is 12.2 Å². The number of hydrogen-bond acceptors (Lipinski definition) is 2. The highest BCUT2D eigenvalue weighted by Crippen LogP contribution is 2.38. The average Bonchev–Trinajstić information content (AvgIpc) is 3.07. The number of carbonyl (C=O) groups is 2. The number of amides is 2. The van der Waals surface area contributed by atoms with Crippen molar-refractivity contribution >= 4 is 47.2 Å². The van der Waals surface area contributed by atoms with Crippen LogP contribution in [0.2, 0.25) is 10.0 Å². The number of halogens is 2. The van der Waals surface area contributed by atoms with Crippen LogP contribution in [-0.4, -0.2) is 22.3 Å². The second-order valence-electron chi connectivity index (χ2n) is 7.95. The third-order valence-electron chi connectivity index (χ3n) is 5.70. The van der Waals surface area contributed by atoms with Gasteiger partial charge in [-0.05, 0) is 53.1 Å². The Kier molecular flexibility index (Phi) is 6.68. The number of primary amides is 1. The van der Waals surface area contributed by atoms with Crippen LogP contribution in [0.3, 0.4) is 0 Å². The predicted octanol–water partition coefficient (Wildman–Crippen LogP) is 5.75. The van der Waals surface area contributed by atoms with Crippen molar-refractivity contribution in [2.75, 3.05) is 0 Å². The lowest BCUT2D eigenvalue weighted by Crippen LogP contribution is -2.53. The zero-order valence-electron chi connectivity index (χ0n) is 17.7. The largest absolute Gasteiger partial charge is 0.367 e. The monoisotopic (exact) mass is 476 g/mol. The Morgan fingerprint density at radius 3 is 2.06 bits per heavy atom. The van der Waals surface area contributed by atoms with Gasteiger partial charge in [0.15, 0.2) is 0 Å². The lowest BCUT2D eigenvalue weighted by molar-refractivity contribution is -0.136. The molecule has 1 fully saturated rings. The Balaban J connectivity index is 1.77. The molecule has 0 radical (unpaired) electrons. The summed E-state index contributed by atoms with van der Waals surface area (Å²) < 4.78 is 0. The SMILES string of the molecule is NC(=O)C1(C=Cc2ccc(Cl)cc2)CC(=Cc2ccc(Cl)cc2)C(=O)N1Cc1ccccc1. The molecule has 0 aromatic heterocycles. The maximum absolute atomic E-state index is 13.5. The summed E-state index contributed by atoms with van der Waals surface area (Å²) in [6.07, 6.45) is 5.48. The van der Waals surface area contributed by atoms with Crippen LogP contribution < -0.4 is 5.73 Å². The first-order chi connectivity index (χ1) is 15.9. The van der Waals surface area contributed by atoms with Gasteiger partial charge in [-0.3, -0.25) is 9.59 Å². The number of rotatable bonds is 6. The van der Waals surface area contributed by atoms with Gasteiger partial charge >= 0.3 is 0 Å².